The summed E-state index contributed by atoms with van der Waals surface area (Å²) in [5, 5.41) is 0.794. The summed E-state index contributed by atoms with van der Waals surface area (Å²) >= 11 is 18.5. The highest BCUT2D eigenvalue weighted by Gasteiger charge is 2.26. The number of rotatable bonds is 7. The summed E-state index contributed by atoms with van der Waals surface area (Å²) in [4.78, 5) is 16.8. The van der Waals surface area contributed by atoms with Gasteiger partial charge in [0, 0.05) is 13.6 Å². The van der Waals surface area contributed by atoms with E-state index in [-0.39, 0.29) is 11.6 Å². The molecule has 0 spiro atoms. The average molecular weight is 673 g/mol. The third-order valence-corrected chi connectivity index (χ3v) is 6.80. The molecule has 9 heteroatoms. The van der Waals surface area contributed by atoms with E-state index in [9.17, 15) is 4.79 Å². The standard InChI is InChI=1S/C25H17BrCl2INO4/c1-2-32-22-11-14(9-20(28)23(22)33-13-15-5-3-4-6-18(15)26)10-21-25(31)34-24(30-21)17-12-16(29)7-8-19(17)27/h3-12H,2,13H2,1H3/b21-10-. The Morgan fingerprint density at radius 1 is 1.09 bits per heavy atom. The molecule has 0 amide bonds. The third-order valence-electron chi connectivity index (χ3n) is 4.74. The predicted molar refractivity (Wildman–Crippen MR) is 146 cm³/mol. The van der Waals surface area contributed by atoms with E-state index in [1.807, 2.05) is 37.3 Å². The van der Waals surface area contributed by atoms with Gasteiger partial charge in [-0.25, -0.2) is 9.79 Å². The van der Waals surface area contributed by atoms with Crippen LogP contribution in [0.15, 0.2) is 69.8 Å². The van der Waals surface area contributed by atoms with Gasteiger partial charge in [-0.1, -0.05) is 57.3 Å². The van der Waals surface area contributed by atoms with Crippen LogP contribution in [0.4, 0.5) is 0 Å². The fourth-order valence-corrected chi connectivity index (χ4v) is 4.55. The van der Waals surface area contributed by atoms with Crippen LogP contribution in [0.2, 0.25) is 10.0 Å². The molecule has 0 fully saturated rings. The minimum atomic E-state index is -0.576. The van der Waals surface area contributed by atoms with E-state index in [0.717, 1.165) is 13.6 Å². The minimum absolute atomic E-state index is 0.130. The highest BCUT2D eigenvalue weighted by Crippen LogP contribution is 2.38. The van der Waals surface area contributed by atoms with Gasteiger partial charge < -0.3 is 14.2 Å². The molecule has 0 aromatic heterocycles. The molecule has 0 N–H and O–H groups in total. The smallest absolute Gasteiger partial charge is 0.363 e. The van der Waals surface area contributed by atoms with E-state index in [1.54, 1.807) is 30.3 Å². The largest absolute Gasteiger partial charge is 0.490 e. The Balaban J connectivity index is 1.64. The van der Waals surface area contributed by atoms with E-state index < -0.39 is 5.97 Å². The van der Waals surface area contributed by atoms with Crippen molar-refractivity contribution in [3.8, 4) is 11.5 Å². The second kappa shape index (κ2) is 11.1. The molecule has 4 rings (SSSR count). The minimum Gasteiger partial charge on any atom is -0.490 e. The Kier molecular flexibility index (Phi) is 8.18. The molecular weight excluding hydrogens is 656 g/mol. The van der Waals surface area contributed by atoms with Crippen LogP contribution in [0.25, 0.3) is 6.08 Å². The number of aliphatic imine (C=N–C) groups is 1. The van der Waals surface area contributed by atoms with Gasteiger partial charge in [0.15, 0.2) is 17.2 Å². The second-order valence-corrected chi connectivity index (χ2v) is 10.0. The number of benzene rings is 3. The zero-order chi connectivity index (χ0) is 24.2. The van der Waals surface area contributed by atoms with Gasteiger partial charge in [0.25, 0.3) is 0 Å². The number of carbonyl (C=O) groups is 1. The summed E-state index contributed by atoms with van der Waals surface area (Å²) in [6.07, 6.45) is 1.59. The van der Waals surface area contributed by atoms with Gasteiger partial charge in [-0.15, -0.1) is 0 Å². The first-order valence-corrected chi connectivity index (χ1v) is 12.8. The zero-order valence-electron chi connectivity index (χ0n) is 17.8. The van der Waals surface area contributed by atoms with Crippen LogP contribution in [0.3, 0.4) is 0 Å². The highest BCUT2D eigenvalue weighted by atomic mass is 127. The van der Waals surface area contributed by atoms with Crippen molar-refractivity contribution in [3.63, 3.8) is 0 Å². The molecule has 1 aliphatic rings. The maximum absolute atomic E-state index is 12.5. The molecule has 0 aliphatic carbocycles. The first-order valence-electron chi connectivity index (χ1n) is 10.2. The predicted octanol–water partition coefficient (Wildman–Crippen LogP) is 7.68. The third kappa shape index (κ3) is 5.76. The molecule has 0 saturated carbocycles. The number of esters is 1. The number of hydrogen-bond acceptors (Lipinski definition) is 5. The number of halogens is 4. The summed E-state index contributed by atoms with van der Waals surface area (Å²) in [5.74, 6) is 0.466. The van der Waals surface area contributed by atoms with Crippen molar-refractivity contribution < 1.29 is 19.0 Å². The molecule has 0 bridgehead atoms. The van der Waals surface area contributed by atoms with Gasteiger partial charge in [0.05, 0.1) is 22.2 Å². The summed E-state index contributed by atoms with van der Waals surface area (Å²) in [7, 11) is 0. The van der Waals surface area contributed by atoms with Crippen molar-refractivity contribution in [2.45, 2.75) is 13.5 Å². The van der Waals surface area contributed by atoms with Gasteiger partial charge >= 0.3 is 5.97 Å². The lowest BCUT2D eigenvalue weighted by atomic mass is 10.1. The van der Waals surface area contributed by atoms with E-state index in [1.165, 1.54) is 0 Å². The van der Waals surface area contributed by atoms with Crippen LogP contribution in [-0.4, -0.2) is 18.5 Å². The molecule has 0 saturated heterocycles. The Morgan fingerprint density at radius 2 is 1.88 bits per heavy atom. The number of nitrogens with zero attached hydrogens (tertiary/aromatic N) is 1. The SMILES string of the molecule is CCOc1cc(/C=C2\N=C(c3cc(I)ccc3Cl)OC2=O)cc(Cl)c1OCc1ccccc1Br. The van der Waals surface area contributed by atoms with Crippen molar-refractivity contribution in [3.05, 3.63) is 95.1 Å². The van der Waals surface area contributed by atoms with Crippen LogP contribution >= 0.6 is 61.7 Å². The Labute approximate surface area is 229 Å². The van der Waals surface area contributed by atoms with Crippen molar-refractivity contribution in [1.82, 2.24) is 0 Å². The lowest BCUT2D eigenvalue weighted by molar-refractivity contribution is -0.129. The van der Waals surface area contributed by atoms with Gasteiger partial charge in [-0.2, -0.15) is 0 Å². The lowest BCUT2D eigenvalue weighted by Crippen LogP contribution is -2.06. The monoisotopic (exact) mass is 671 g/mol. The van der Waals surface area contributed by atoms with E-state index in [0.29, 0.717) is 45.9 Å². The van der Waals surface area contributed by atoms with Gasteiger partial charge in [0.1, 0.15) is 6.61 Å². The molecule has 174 valence electrons. The van der Waals surface area contributed by atoms with E-state index >= 15 is 0 Å². The number of carbonyl (C=O) groups excluding carboxylic acids is 1. The topological polar surface area (TPSA) is 57.1 Å². The molecule has 0 unspecified atom stereocenters. The maximum Gasteiger partial charge on any atom is 0.363 e. The van der Waals surface area contributed by atoms with Crippen LogP contribution < -0.4 is 9.47 Å². The summed E-state index contributed by atoms with van der Waals surface area (Å²) in [6, 6.07) is 16.6. The van der Waals surface area contributed by atoms with Gasteiger partial charge in [0.2, 0.25) is 5.90 Å². The lowest BCUT2D eigenvalue weighted by Gasteiger charge is -2.15. The van der Waals surface area contributed by atoms with Crippen molar-refractivity contribution in [1.29, 1.82) is 0 Å². The van der Waals surface area contributed by atoms with Crippen molar-refractivity contribution in [2.24, 2.45) is 4.99 Å². The normalized spacial score (nSPS) is 14.2. The van der Waals surface area contributed by atoms with Crippen LogP contribution in [0, 0.1) is 3.57 Å². The van der Waals surface area contributed by atoms with E-state index in [4.69, 9.17) is 37.4 Å². The first kappa shape index (κ1) is 25.0. The zero-order valence-corrected chi connectivity index (χ0v) is 23.0. The molecule has 34 heavy (non-hydrogen) atoms. The Hall–Kier alpha value is -2.07. The van der Waals surface area contributed by atoms with Crippen LogP contribution in [-0.2, 0) is 16.1 Å². The van der Waals surface area contributed by atoms with Crippen molar-refractivity contribution >= 4 is 79.7 Å². The van der Waals surface area contributed by atoms with Crippen LogP contribution in [0.5, 0.6) is 11.5 Å². The van der Waals surface area contributed by atoms with E-state index in [2.05, 4.69) is 43.5 Å². The molecule has 3 aromatic rings. The fourth-order valence-electron chi connectivity index (χ4n) is 3.18. The van der Waals surface area contributed by atoms with Gasteiger partial charge in [-0.3, -0.25) is 0 Å². The molecule has 5 nitrogen and oxygen atoms in total. The number of cyclic esters (lactones) is 1. The van der Waals surface area contributed by atoms with Crippen LogP contribution in [0.1, 0.15) is 23.6 Å². The molecule has 1 aliphatic heterocycles. The molecule has 0 atom stereocenters. The molecular formula is C25H17BrCl2INO4. The summed E-state index contributed by atoms with van der Waals surface area (Å²) in [6.45, 7) is 2.59. The highest BCUT2D eigenvalue weighted by molar-refractivity contribution is 14.1. The summed E-state index contributed by atoms with van der Waals surface area (Å²) in [5.41, 5.74) is 2.27. The molecule has 0 radical (unpaired) electrons. The second-order valence-electron chi connectivity index (χ2n) is 7.10. The number of ether oxygens (including phenoxy) is 3. The number of hydrogen-bond donors (Lipinski definition) is 0. The molecule has 3 aromatic carbocycles. The fraction of sp³-hybridized carbons (Fsp3) is 0.120. The summed E-state index contributed by atoms with van der Waals surface area (Å²) < 4.78 is 19.0. The average Bonchev–Trinajstić information content (AvgIpc) is 3.16. The Bertz CT molecular complexity index is 1330. The van der Waals surface area contributed by atoms with Crippen molar-refractivity contribution in [2.75, 3.05) is 6.61 Å². The maximum atomic E-state index is 12.5. The quantitative estimate of drug-likeness (QED) is 0.147. The molecule has 1 heterocycles. The first-order chi connectivity index (χ1) is 16.4. The Morgan fingerprint density at radius 3 is 2.65 bits per heavy atom. The van der Waals surface area contributed by atoms with Gasteiger partial charge in [-0.05, 0) is 77.6 Å².